The zero-order chi connectivity index (χ0) is 13.8. The van der Waals surface area contributed by atoms with Crippen LogP contribution in [0.2, 0.25) is 0 Å². The van der Waals surface area contributed by atoms with Crippen molar-refractivity contribution >= 4 is 22.3 Å². The van der Waals surface area contributed by atoms with E-state index in [1.807, 2.05) is 24.3 Å². The number of benzene rings is 1. The Balaban J connectivity index is 1.76. The molecule has 20 heavy (non-hydrogen) atoms. The van der Waals surface area contributed by atoms with Crippen LogP contribution >= 0.6 is 11.3 Å². The molecular weight excluding hydrogens is 274 g/mol. The number of para-hydroxylation sites is 1. The lowest BCUT2D eigenvalue weighted by molar-refractivity contribution is 0.199. The Morgan fingerprint density at radius 3 is 3.10 bits per heavy atom. The molecule has 0 aliphatic heterocycles. The summed E-state index contributed by atoms with van der Waals surface area (Å²) in [5, 5.41) is 14.6. The van der Waals surface area contributed by atoms with Gasteiger partial charge in [-0.25, -0.2) is 0 Å². The van der Waals surface area contributed by atoms with Gasteiger partial charge >= 0.3 is 0 Å². The predicted octanol–water partition coefficient (Wildman–Crippen LogP) is 2.69. The van der Waals surface area contributed by atoms with E-state index in [9.17, 15) is 0 Å². The third-order valence-electron chi connectivity index (χ3n) is 2.94. The Hall–Kier alpha value is -1.76. The lowest BCUT2D eigenvalue weighted by atomic mass is 10.2. The second-order valence-electron chi connectivity index (χ2n) is 4.32. The predicted molar refractivity (Wildman–Crippen MR) is 78.7 cm³/mol. The first kappa shape index (κ1) is 13.2. The van der Waals surface area contributed by atoms with Gasteiger partial charge in [-0.2, -0.15) is 0 Å². The zero-order valence-corrected chi connectivity index (χ0v) is 11.9. The number of nitrogens with zero attached hydrogens (tertiary/aromatic N) is 2. The maximum Gasteiger partial charge on any atom is 0.151 e. The molecule has 0 atom stereocenters. The molecule has 1 N–H and O–H groups in total. The summed E-state index contributed by atoms with van der Waals surface area (Å²) < 4.78 is 10.5. The van der Waals surface area contributed by atoms with Crippen molar-refractivity contribution in [2.45, 2.75) is 6.54 Å². The first-order valence-corrected chi connectivity index (χ1v) is 7.19. The van der Waals surface area contributed by atoms with E-state index in [4.69, 9.17) is 9.15 Å². The van der Waals surface area contributed by atoms with Gasteiger partial charge < -0.3 is 14.5 Å². The number of hydrogen-bond acceptors (Lipinski definition) is 6. The first-order valence-electron chi connectivity index (χ1n) is 6.37. The molecule has 0 saturated heterocycles. The van der Waals surface area contributed by atoms with Gasteiger partial charge in [0, 0.05) is 25.6 Å². The molecule has 1 aromatic carbocycles. The van der Waals surface area contributed by atoms with E-state index in [0.717, 1.165) is 33.1 Å². The van der Waals surface area contributed by atoms with E-state index >= 15 is 0 Å². The van der Waals surface area contributed by atoms with Crippen molar-refractivity contribution in [3.05, 3.63) is 35.5 Å². The summed E-state index contributed by atoms with van der Waals surface area (Å²) in [6.07, 6.45) is 1.74. The van der Waals surface area contributed by atoms with Crippen LogP contribution in [0.4, 0.5) is 0 Å². The highest BCUT2D eigenvalue weighted by atomic mass is 32.1. The lowest BCUT2D eigenvalue weighted by Gasteiger charge is -1.99. The van der Waals surface area contributed by atoms with Crippen molar-refractivity contribution in [3.8, 4) is 10.6 Å². The van der Waals surface area contributed by atoms with Crippen molar-refractivity contribution < 1.29 is 9.15 Å². The number of fused-ring (bicyclic) bond motifs is 1. The minimum Gasteiger partial charge on any atom is -0.464 e. The summed E-state index contributed by atoms with van der Waals surface area (Å²) in [5.41, 5.74) is 1.87. The van der Waals surface area contributed by atoms with Crippen LogP contribution in [0.3, 0.4) is 0 Å². The summed E-state index contributed by atoms with van der Waals surface area (Å²) in [6, 6.07) is 7.94. The Bertz CT molecular complexity index is 692. The lowest BCUT2D eigenvalue weighted by Crippen LogP contribution is -2.18. The minimum atomic E-state index is 0.692. The molecule has 5 nitrogen and oxygen atoms in total. The fraction of sp³-hybridized carbons (Fsp3) is 0.286. The van der Waals surface area contributed by atoms with Gasteiger partial charge in [-0.05, 0) is 6.07 Å². The fourth-order valence-corrected chi connectivity index (χ4v) is 2.78. The molecule has 0 radical (unpaired) electrons. The highest BCUT2D eigenvalue weighted by Gasteiger charge is 2.12. The summed E-state index contributed by atoms with van der Waals surface area (Å²) >= 11 is 1.58. The van der Waals surface area contributed by atoms with Crippen molar-refractivity contribution in [1.82, 2.24) is 15.5 Å². The maximum atomic E-state index is 5.53. The van der Waals surface area contributed by atoms with Crippen LogP contribution < -0.4 is 5.32 Å². The van der Waals surface area contributed by atoms with Gasteiger partial charge in [0.1, 0.15) is 16.9 Å². The van der Waals surface area contributed by atoms with Gasteiger partial charge in [-0.1, -0.05) is 29.5 Å². The number of ether oxygens (including phenoxy) is 1. The average molecular weight is 289 g/mol. The monoisotopic (exact) mass is 289 g/mol. The minimum absolute atomic E-state index is 0.692. The number of rotatable bonds is 6. The summed E-state index contributed by atoms with van der Waals surface area (Å²) in [4.78, 5) is 0. The normalized spacial score (nSPS) is 11.2. The van der Waals surface area contributed by atoms with Crippen molar-refractivity contribution in [2.24, 2.45) is 0 Å². The second-order valence-corrected chi connectivity index (χ2v) is 5.38. The molecule has 0 spiro atoms. The van der Waals surface area contributed by atoms with Gasteiger partial charge in [-0.3, -0.25) is 0 Å². The van der Waals surface area contributed by atoms with Crippen LogP contribution in [0.5, 0.6) is 0 Å². The molecule has 0 amide bonds. The summed E-state index contributed by atoms with van der Waals surface area (Å²) in [5.74, 6) is 0. The van der Waals surface area contributed by atoms with E-state index < -0.39 is 0 Å². The molecule has 104 valence electrons. The van der Waals surface area contributed by atoms with E-state index in [-0.39, 0.29) is 0 Å². The van der Waals surface area contributed by atoms with Crippen LogP contribution in [-0.4, -0.2) is 30.5 Å². The molecule has 0 aliphatic carbocycles. The van der Waals surface area contributed by atoms with Gasteiger partial charge in [0.2, 0.25) is 0 Å². The quantitative estimate of drug-likeness (QED) is 0.707. The van der Waals surface area contributed by atoms with Crippen LogP contribution in [0, 0.1) is 0 Å². The van der Waals surface area contributed by atoms with Crippen LogP contribution in [0.15, 0.2) is 34.9 Å². The van der Waals surface area contributed by atoms with Gasteiger partial charge in [-0.15, -0.1) is 10.2 Å². The molecule has 2 heterocycles. The van der Waals surface area contributed by atoms with Crippen molar-refractivity contribution in [1.29, 1.82) is 0 Å². The molecule has 0 bridgehead atoms. The Morgan fingerprint density at radius 2 is 2.20 bits per heavy atom. The first-order chi connectivity index (χ1) is 9.88. The van der Waals surface area contributed by atoms with Crippen LogP contribution in [0.25, 0.3) is 21.5 Å². The van der Waals surface area contributed by atoms with E-state index in [0.29, 0.717) is 13.2 Å². The maximum absolute atomic E-state index is 5.53. The number of hydrogen-bond donors (Lipinski definition) is 1. The zero-order valence-electron chi connectivity index (χ0n) is 11.1. The Labute approximate surface area is 120 Å². The molecule has 0 saturated carbocycles. The summed E-state index contributed by atoms with van der Waals surface area (Å²) in [7, 11) is 1.69. The Morgan fingerprint density at radius 1 is 1.30 bits per heavy atom. The average Bonchev–Trinajstić information content (AvgIpc) is 3.10. The topological polar surface area (TPSA) is 60.2 Å². The molecule has 3 rings (SSSR count). The SMILES string of the molecule is COCCNCc1nnc(-c2coc3ccccc23)s1. The molecule has 0 fully saturated rings. The Kier molecular flexibility index (Phi) is 4.05. The fourth-order valence-electron chi connectivity index (χ4n) is 1.95. The summed E-state index contributed by atoms with van der Waals surface area (Å²) in [6.45, 7) is 2.20. The standard InChI is InChI=1S/C14H15N3O2S/c1-18-7-6-15-8-13-16-17-14(20-13)11-9-19-12-5-3-2-4-10(11)12/h2-5,9,15H,6-8H2,1H3. The number of methoxy groups -OCH3 is 1. The van der Waals surface area contributed by atoms with Gasteiger partial charge in [0.25, 0.3) is 0 Å². The molecule has 6 heteroatoms. The molecule has 3 aromatic rings. The largest absolute Gasteiger partial charge is 0.464 e. The van der Waals surface area contributed by atoms with E-state index in [1.165, 1.54) is 0 Å². The molecular formula is C14H15N3O2S. The van der Waals surface area contributed by atoms with Crippen LogP contribution in [-0.2, 0) is 11.3 Å². The smallest absolute Gasteiger partial charge is 0.151 e. The van der Waals surface area contributed by atoms with Gasteiger partial charge in [0.15, 0.2) is 5.01 Å². The third kappa shape index (κ3) is 2.72. The molecule has 0 aliphatic rings. The molecule has 0 unspecified atom stereocenters. The highest BCUT2D eigenvalue weighted by molar-refractivity contribution is 7.14. The van der Waals surface area contributed by atoms with Crippen molar-refractivity contribution in [3.63, 3.8) is 0 Å². The van der Waals surface area contributed by atoms with E-state index in [1.54, 1.807) is 24.7 Å². The molecule has 2 aromatic heterocycles. The third-order valence-corrected chi connectivity index (χ3v) is 3.89. The highest BCUT2D eigenvalue weighted by Crippen LogP contribution is 2.32. The van der Waals surface area contributed by atoms with Crippen molar-refractivity contribution in [2.75, 3.05) is 20.3 Å². The number of nitrogens with one attached hydrogen (secondary N) is 1. The van der Waals surface area contributed by atoms with Crippen LogP contribution in [0.1, 0.15) is 5.01 Å². The number of furan rings is 1. The van der Waals surface area contributed by atoms with Gasteiger partial charge in [0.05, 0.1) is 12.2 Å². The second kappa shape index (κ2) is 6.13. The number of aromatic nitrogens is 2. The van der Waals surface area contributed by atoms with E-state index in [2.05, 4.69) is 15.5 Å².